The van der Waals surface area contributed by atoms with Crippen LogP contribution >= 0.6 is 22.9 Å². The van der Waals surface area contributed by atoms with Crippen molar-refractivity contribution in [2.45, 2.75) is 39.0 Å². The van der Waals surface area contributed by atoms with E-state index >= 15 is 0 Å². The van der Waals surface area contributed by atoms with Crippen LogP contribution in [-0.4, -0.2) is 52.1 Å². The van der Waals surface area contributed by atoms with E-state index in [2.05, 4.69) is 46.2 Å². The van der Waals surface area contributed by atoms with Crippen LogP contribution < -0.4 is 15.5 Å². The second kappa shape index (κ2) is 11.0. The summed E-state index contributed by atoms with van der Waals surface area (Å²) < 4.78 is 0.602. The first kappa shape index (κ1) is 29.2. The van der Waals surface area contributed by atoms with Gasteiger partial charge < -0.3 is 20.2 Å². The van der Waals surface area contributed by atoms with Gasteiger partial charge in [-0.15, -0.1) is 0 Å². The SMILES string of the molecule is CC(C)(C)CN1CCC2(CC1)CN(c1ccccc1NC(=O)Nc1nc3ccc([N+](=O)[O-])cc3s1)c1c(O)ccc(Cl)c12. The summed E-state index contributed by atoms with van der Waals surface area (Å²) in [6.45, 7) is 10.3. The first-order valence-electron chi connectivity index (χ1n) is 14.2. The highest BCUT2D eigenvalue weighted by molar-refractivity contribution is 7.22. The molecule has 0 bridgehead atoms. The Kier molecular flexibility index (Phi) is 7.44. The number of hydrogen-bond acceptors (Lipinski definition) is 8. The van der Waals surface area contributed by atoms with E-state index in [9.17, 15) is 20.0 Å². The van der Waals surface area contributed by atoms with Gasteiger partial charge in [-0.3, -0.25) is 15.4 Å². The monoisotopic (exact) mass is 620 g/mol. The number of non-ortho nitro benzene ring substituents is 1. The van der Waals surface area contributed by atoms with Crippen LogP contribution in [-0.2, 0) is 5.41 Å². The highest BCUT2D eigenvalue weighted by Gasteiger charge is 2.48. The van der Waals surface area contributed by atoms with Gasteiger partial charge in [0.2, 0.25) is 0 Å². The molecular formula is C31H33ClN6O4S. The average molecular weight is 621 g/mol. The maximum atomic E-state index is 13.2. The van der Waals surface area contributed by atoms with Gasteiger partial charge >= 0.3 is 6.03 Å². The van der Waals surface area contributed by atoms with Gasteiger partial charge in [-0.05, 0) is 61.7 Å². The molecule has 3 N–H and O–H groups in total. The molecule has 224 valence electrons. The number of phenols is 1. The molecular weight excluding hydrogens is 588 g/mol. The Balaban J connectivity index is 1.26. The van der Waals surface area contributed by atoms with Crippen molar-refractivity contribution in [2.75, 3.05) is 41.7 Å². The molecule has 0 saturated carbocycles. The van der Waals surface area contributed by atoms with E-state index < -0.39 is 11.0 Å². The van der Waals surface area contributed by atoms with E-state index in [1.165, 1.54) is 12.1 Å². The number of carbonyl (C=O) groups is 1. The number of halogens is 1. The standard InChI is InChI=1S/C31H33ClN6O4S/c1-30(2,3)17-36-14-12-31(13-15-36)18-37(27-24(39)11-9-20(32)26(27)31)23-7-5-4-6-21(23)33-28(40)35-29-34-22-10-8-19(38(41)42)16-25(22)43-29/h4-11,16,39H,12-15,17-18H2,1-3H3,(H2,33,34,35,40). The van der Waals surface area contributed by atoms with Crippen molar-refractivity contribution in [3.8, 4) is 5.75 Å². The van der Waals surface area contributed by atoms with Gasteiger partial charge in [0, 0.05) is 41.2 Å². The summed E-state index contributed by atoms with van der Waals surface area (Å²) in [6, 6.07) is 14.8. The number of hydrogen-bond donors (Lipinski definition) is 3. The van der Waals surface area contributed by atoms with E-state index in [0.717, 1.165) is 55.1 Å². The van der Waals surface area contributed by atoms with E-state index in [-0.39, 0.29) is 22.3 Å². The van der Waals surface area contributed by atoms with Crippen molar-refractivity contribution < 1.29 is 14.8 Å². The number of fused-ring (bicyclic) bond motifs is 3. The molecule has 0 radical (unpaired) electrons. The molecule has 43 heavy (non-hydrogen) atoms. The molecule has 10 nitrogen and oxygen atoms in total. The Morgan fingerprint density at radius 1 is 1.14 bits per heavy atom. The smallest absolute Gasteiger partial charge is 0.325 e. The van der Waals surface area contributed by atoms with Crippen molar-refractivity contribution in [1.29, 1.82) is 0 Å². The lowest BCUT2D eigenvalue weighted by Gasteiger charge is -2.42. The molecule has 0 unspecified atom stereocenters. The molecule has 4 aromatic rings. The van der Waals surface area contributed by atoms with Crippen LogP contribution in [0.3, 0.4) is 0 Å². The second-order valence-electron chi connectivity index (χ2n) is 12.5. The molecule has 1 saturated heterocycles. The van der Waals surface area contributed by atoms with Gasteiger partial charge in [-0.25, -0.2) is 9.78 Å². The van der Waals surface area contributed by atoms with Crippen molar-refractivity contribution in [3.05, 3.63) is 75.3 Å². The first-order valence-corrected chi connectivity index (χ1v) is 15.4. The number of aromatic nitrogens is 1. The number of thiazole rings is 1. The van der Waals surface area contributed by atoms with Gasteiger partial charge in [0.1, 0.15) is 5.75 Å². The van der Waals surface area contributed by atoms with Crippen LogP contribution in [0.2, 0.25) is 5.02 Å². The number of aromatic hydroxyl groups is 1. The normalized spacial score (nSPS) is 16.4. The summed E-state index contributed by atoms with van der Waals surface area (Å²) in [5.74, 6) is 0.149. The Bertz CT molecular complexity index is 1730. The number of carbonyl (C=O) groups excluding carboxylic acids is 1. The fraction of sp³-hybridized carbons (Fsp3) is 0.355. The number of nitrogens with one attached hydrogen (secondary N) is 2. The minimum atomic E-state index is -0.499. The molecule has 3 heterocycles. The fourth-order valence-corrected chi connectivity index (χ4v) is 7.61. The zero-order valence-electron chi connectivity index (χ0n) is 24.2. The Hall–Kier alpha value is -3.93. The van der Waals surface area contributed by atoms with E-state index in [4.69, 9.17) is 11.6 Å². The van der Waals surface area contributed by atoms with E-state index in [1.54, 1.807) is 18.2 Å². The predicted molar refractivity (Wildman–Crippen MR) is 172 cm³/mol. The number of benzene rings is 3. The topological polar surface area (TPSA) is 124 Å². The zero-order valence-corrected chi connectivity index (χ0v) is 25.8. The van der Waals surface area contributed by atoms with Gasteiger partial charge in [0.15, 0.2) is 5.13 Å². The maximum Gasteiger partial charge on any atom is 0.325 e. The molecule has 2 amide bonds. The lowest BCUT2D eigenvalue weighted by atomic mass is 9.74. The summed E-state index contributed by atoms with van der Waals surface area (Å²) in [5, 5.41) is 28.9. The molecule has 0 atom stereocenters. The van der Waals surface area contributed by atoms with E-state index in [1.807, 2.05) is 24.3 Å². The fourth-order valence-electron chi connectivity index (χ4n) is 6.36. The molecule has 1 aromatic heterocycles. The lowest BCUT2D eigenvalue weighted by Crippen LogP contribution is -2.47. The molecule has 1 spiro atoms. The zero-order chi connectivity index (χ0) is 30.5. The summed E-state index contributed by atoms with van der Waals surface area (Å²) in [7, 11) is 0. The third-order valence-corrected chi connectivity index (χ3v) is 9.37. The number of nitro groups is 1. The minimum absolute atomic E-state index is 0.0343. The van der Waals surface area contributed by atoms with E-state index in [0.29, 0.717) is 38.3 Å². The minimum Gasteiger partial charge on any atom is -0.506 e. The summed E-state index contributed by atoms with van der Waals surface area (Å²) in [4.78, 5) is 32.8. The number of phenolic OH excluding ortho intramolecular Hbond substituents is 1. The molecule has 2 aliphatic rings. The Morgan fingerprint density at radius 2 is 1.88 bits per heavy atom. The number of nitrogens with zero attached hydrogens (tertiary/aromatic N) is 4. The van der Waals surface area contributed by atoms with Crippen molar-refractivity contribution in [2.24, 2.45) is 5.41 Å². The Labute approximate surface area is 258 Å². The summed E-state index contributed by atoms with van der Waals surface area (Å²) in [5.41, 5.74) is 3.44. The third-order valence-electron chi connectivity index (χ3n) is 8.12. The van der Waals surface area contributed by atoms with Crippen molar-refractivity contribution in [3.63, 3.8) is 0 Å². The molecule has 1 fully saturated rings. The van der Waals surface area contributed by atoms with Gasteiger partial charge in [0.05, 0.1) is 32.2 Å². The van der Waals surface area contributed by atoms with Crippen molar-refractivity contribution in [1.82, 2.24) is 9.88 Å². The predicted octanol–water partition coefficient (Wildman–Crippen LogP) is 7.74. The van der Waals surface area contributed by atoms with Gasteiger partial charge in [0.25, 0.3) is 5.69 Å². The van der Waals surface area contributed by atoms with Crippen LogP contribution in [0.25, 0.3) is 10.2 Å². The highest BCUT2D eigenvalue weighted by Crippen LogP contribution is 2.56. The molecule has 6 rings (SSSR count). The van der Waals surface area contributed by atoms with Gasteiger partial charge in [-0.2, -0.15) is 0 Å². The van der Waals surface area contributed by atoms with Crippen LogP contribution in [0.1, 0.15) is 39.2 Å². The molecule has 0 aliphatic carbocycles. The summed E-state index contributed by atoms with van der Waals surface area (Å²) >= 11 is 8.02. The largest absolute Gasteiger partial charge is 0.506 e. The van der Waals surface area contributed by atoms with Crippen molar-refractivity contribution >= 4 is 67.1 Å². The number of amides is 2. The highest BCUT2D eigenvalue weighted by atomic mass is 35.5. The van der Waals surface area contributed by atoms with Crippen LogP contribution in [0.4, 0.5) is 32.7 Å². The third kappa shape index (κ3) is 5.72. The Morgan fingerprint density at radius 3 is 2.60 bits per heavy atom. The van der Waals surface area contributed by atoms with Crippen LogP contribution in [0, 0.1) is 15.5 Å². The number of anilines is 4. The summed E-state index contributed by atoms with van der Waals surface area (Å²) in [6.07, 6.45) is 1.81. The first-order chi connectivity index (χ1) is 20.4. The average Bonchev–Trinajstić information content (AvgIpc) is 3.50. The number of para-hydroxylation sites is 2. The molecule has 12 heteroatoms. The van der Waals surface area contributed by atoms with Crippen LogP contribution in [0.5, 0.6) is 5.75 Å². The quantitative estimate of drug-likeness (QED) is 0.154. The number of likely N-dealkylation sites (tertiary alicyclic amines) is 1. The molecule has 2 aliphatic heterocycles. The van der Waals surface area contributed by atoms with Gasteiger partial charge in [-0.1, -0.05) is 55.8 Å². The molecule has 3 aromatic carbocycles. The maximum absolute atomic E-state index is 13.2. The van der Waals surface area contributed by atoms with Crippen LogP contribution in [0.15, 0.2) is 54.6 Å². The number of piperidine rings is 1. The number of rotatable bonds is 5. The lowest BCUT2D eigenvalue weighted by molar-refractivity contribution is -0.384. The number of nitro benzene ring substituents is 1. The number of urea groups is 1. The second-order valence-corrected chi connectivity index (χ2v) is 14.0.